The van der Waals surface area contributed by atoms with Gasteiger partial charge in [-0.1, -0.05) is 20.8 Å². The summed E-state index contributed by atoms with van der Waals surface area (Å²) in [6.07, 6.45) is 3.94. The Labute approximate surface area is 123 Å². The molecule has 1 heterocycles. The van der Waals surface area contributed by atoms with Gasteiger partial charge in [-0.2, -0.15) is 0 Å². The quantitative estimate of drug-likeness (QED) is 0.570. The molecule has 0 fully saturated rings. The third kappa shape index (κ3) is 2.96. The number of hydrogen-bond donors (Lipinski definition) is 0. The number of rotatable bonds is 3. The van der Waals surface area contributed by atoms with Crippen molar-refractivity contribution in [3.63, 3.8) is 0 Å². The highest BCUT2D eigenvalue weighted by atomic mass is 28.4. The highest BCUT2D eigenvalue weighted by molar-refractivity contribution is 6.74. The molecule has 112 valence electrons. The zero-order chi connectivity index (χ0) is 15.1. The van der Waals surface area contributed by atoms with Gasteiger partial charge in [0.1, 0.15) is 0 Å². The zero-order valence-corrected chi connectivity index (χ0v) is 14.7. The molecule has 0 aromatic heterocycles. The smallest absolute Gasteiger partial charge is 0.237 e. The zero-order valence-electron chi connectivity index (χ0n) is 13.7. The maximum atomic E-state index is 11.9. The van der Waals surface area contributed by atoms with Crippen molar-refractivity contribution in [1.82, 2.24) is 0 Å². The minimum absolute atomic E-state index is 0.249. The second-order valence-corrected chi connectivity index (χ2v) is 12.5. The van der Waals surface area contributed by atoms with E-state index in [0.29, 0.717) is 12.5 Å². The van der Waals surface area contributed by atoms with E-state index in [1.54, 1.807) is 0 Å². The predicted octanol–water partition coefficient (Wildman–Crippen LogP) is 4.41. The highest BCUT2D eigenvalue weighted by Gasteiger charge is 2.40. The van der Waals surface area contributed by atoms with Gasteiger partial charge in [-0.05, 0) is 49.0 Å². The van der Waals surface area contributed by atoms with Crippen LogP contribution in [0.25, 0.3) is 0 Å². The van der Waals surface area contributed by atoms with E-state index in [0.717, 1.165) is 29.9 Å². The first-order valence-electron chi connectivity index (χ1n) is 7.59. The van der Waals surface area contributed by atoms with Gasteiger partial charge in [0, 0.05) is 28.3 Å². The fourth-order valence-electron chi connectivity index (χ4n) is 2.63. The normalized spacial score (nSPS) is 24.0. The van der Waals surface area contributed by atoms with E-state index in [9.17, 15) is 4.91 Å². The lowest BCUT2D eigenvalue weighted by atomic mass is 10.0. The number of nitroso groups, excluding NO2 is 1. The molecule has 0 spiro atoms. The summed E-state index contributed by atoms with van der Waals surface area (Å²) < 4.78 is 7.49. The Morgan fingerprint density at radius 1 is 1.35 bits per heavy atom. The van der Waals surface area contributed by atoms with E-state index < -0.39 is 8.32 Å². The Morgan fingerprint density at radius 3 is 2.55 bits per heavy atom. The van der Waals surface area contributed by atoms with Gasteiger partial charge in [-0.15, -0.1) is 0 Å². The molecule has 2 rings (SSSR count). The van der Waals surface area contributed by atoms with Crippen LogP contribution < -0.4 is 0 Å². The first-order valence-corrected chi connectivity index (χ1v) is 10.5. The van der Waals surface area contributed by atoms with Crippen molar-refractivity contribution >= 4 is 8.32 Å². The molecule has 2 aliphatic rings. The molecule has 1 unspecified atom stereocenters. The number of nitrogens with zero attached hydrogens (tertiary/aromatic N) is 1. The minimum Gasteiger partial charge on any atom is -0.417 e. The van der Waals surface area contributed by atoms with Crippen molar-refractivity contribution in [2.45, 2.75) is 58.7 Å². The Hall–Kier alpha value is -0.743. The van der Waals surface area contributed by atoms with Gasteiger partial charge in [-0.3, -0.25) is 0 Å². The van der Waals surface area contributed by atoms with E-state index >= 15 is 0 Å². The van der Waals surface area contributed by atoms with Crippen LogP contribution in [0.4, 0.5) is 0 Å². The molecule has 0 aromatic carbocycles. The van der Waals surface area contributed by atoms with Crippen molar-refractivity contribution in [3.8, 4) is 0 Å². The standard InChI is InChI=1S/C16H28NO2Si/c1-12-7-8-17(18)15-10-13(9-14(12)15)11-19-20(5,6)16(2,3)4/h7,13H,8-11H2,1-6H3/q+1. The summed E-state index contributed by atoms with van der Waals surface area (Å²) in [7, 11) is -1.68. The molecule has 0 aromatic rings. The van der Waals surface area contributed by atoms with Gasteiger partial charge in [0.2, 0.25) is 12.2 Å². The molecule has 0 radical (unpaired) electrons. The molecule has 4 heteroatoms. The number of hydrogen-bond acceptors (Lipinski definition) is 2. The van der Waals surface area contributed by atoms with Crippen molar-refractivity contribution in [2.75, 3.05) is 13.2 Å². The van der Waals surface area contributed by atoms with Crippen LogP contribution in [0, 0.1) is 10.8 Å². The number of allylic oxidation sites excluding steroid dienone is 3. The van der Waals surface area contributed by atoms with Crippen LogP contribution in [0.1, 0.15) is 40.5 Å². The van der Waals surface area contributed by atoms with Crippen LogP contribution >= 0.6 is 0 Å². The van der Waals surface area contributed by atoms with Gasteiger partial charge >= 0.3 is 0 Å². The summed E-state index contributed by atoms with van der Waals surface area (Å²) in [6, 6.07) is 0. The molecule has 20 heavy (non-hydrogen) atoms. The van der Waals surface area contributed by atoms with Gasteiger partial charge < -0.3 is 4.43 Å². The van der Waals surface area contributed by atoms with Crippen molar-refractivity contribution in [3.05, 3.63) is 27.8 Å². The molecular weight excluding hydrogens is 266 g/mol. The monoisotopic (exact) mass is 294 g/mol. The largest absolute Gasteiger partial charge is 0.417 e. The summed E-state index contributed by atoms with van der Waals surface area (Å²) in [4.78, 5) is 11.9. The van der Waals surface area contributed by atoms with E-state index in [1.165, 1.54) is 11.1 Å². The van der Waals surface area contributed by atoms with Gasteiger partial charge in [-0.25, -0.2) is 0 Å². The SMILES string of the molecule is CC1=CC[N+](=O)C2=C1CC(CO[Si](C)(C)C(C)(C)C)C2. The highest BCUT2D eigenvalue weighted by Crippen LogP contribution is 2.41. The van der Waals surface area contributed by atoms with Crippen molar-refractivity contribution < 1.29 is 9.19 Å². The summed E-state index contributed by atoms with van der Waals surface area (Å²) >= 11 is 0. The van der Waals surface area contributed by atoms with Crippen LogP contribution in [0.3, 0.4) is 0 Å². The first-order chi connectivity index (χ1) is 9.12. The maximum absolute atomic E-state index is 11.9. The van der Waals surface area contributed by atoms with E-state index in [1.807, 2.05) is 6.08 Å². The van der Waals surface area contributed by atoms with Crippen LogP contribution in [0.15, 0.2) is 22.9 Å². The Morgan fingerprint density at radius 2 is 2.00 bits per heavy atom. The first kappa shape index (κ1) is 15.6. The Bertz CT molecular complexity index is 475. The fraction of sp³-hybridized carbons (Fsp3) is 0.750. The van der Waals surface area contributed by atoms with Crippen molar-refractivity contribution in [1.29, 1.82) is 0 Å². The van der Waals surface area contributed by atoms with Crippen LogP contribution in [-0.2, 0) is 4.43 Å². The Kier molecular flexibility index (Phi) is 4.09. The van der Waals surface area contributed by atoms with Crippen LogP contribution in [-0.4, -0.2) is 26.2 Å². The summed E-state index contributed by atoms with van der Waals surface area (Å²) in [5, 5.41) is 0.249. The van der Waals surface area contributed by atoms with Crippen LogP contribution in [0.5, 0.6) is 0 Å². The molecular formula is C16H28NO2Si+. The van der Waals surface area contributed by atoms with Gasteiger partial charge in [0.15, 0.2) is 8.32 Å². The average molecular weight is 294 g/mol. The molecule has 0 N–H and O–H groups in total. The van der Waals surface area contributed by atoms with E-state index in [4.69, 9.17) is 4.43 Å². The van der Waals surface area contributed by atoms with Crippen LogP contribution in [0.2, 0.25) is 18.1 Å². The maximum Gasteiger partial charge on any atom is 0.237 e. The average Bonchev–Trinajstić information content (AvgIpc) is 2.75. The predicted molar refractivity (Wildman–Crippen MR) is 85.2 cm³/mol. The molecule has 1 atom stereocenters. The van der Waals surface area contributed by atoms with E-state index in [-0.39, 0.29) is 5.04 Å². The lowest BCUT2D eigenvalue weighted by Crippen LogP contribution is -2.41. The molecule has 0 saturated carbocycles. The van der Waals surface area contributed by atoms with E-state index in [2.05, 4.69) is 40.8 Å². The molecule has 3 nitrogen and oxygen atoms in total. The lowest BCUT2D eigenvalue weighted by molar-refractivity contribution is -0.492. The molecule has 1 aliphatic heterocycles. The molecule has 0 saturated heterocycles. The molecule has 1 aliphatic carbocycles. The lowest BCUT2D eigenvalue weighted by Gasteiger charge is -2.37. The summed E-state index contributed by atoms with van der Waals surface area (Å²) in [5.41, 5.74) is 3.57. The summed E-state index contributed by atoms with van der Waals surface area (Å²) in [6.45, 7) is 14.8. The fourth-order valence-corrected chi connectivity index (χ4v) is 3.72. The van der Waals surface area contributed by atoms with Crippen molar-refractivity contribution in [2.24, 2.45) is 5.92 Å². The third-order valence-electron chi connectivity index (χ3n) is 5.15. The molecule has 0 bridgehead atoms. The second-order valence-electron chi connectivity index (χ2n) is 7.72. The van der Waals surface area contributed by atoms with Gasteiger partial charge in [0.25, 0.3) is 0 Å². The second kappa shape index (κ2) is 5.23. The topological polar surface area (TPSA) is 29.3 Å². The minimum atomic E-state index is -1.68. The summed E-state index contributed by atoms with van der Waals surface area (Å²) in [5.74, 6) is 0.479. The molecule has 0 amide bonds. The Balaban J connectivity index is 1.97. The third-order valence-corrected chi connectivity index (χ3v) is 9.65. The van der Waals surface area contributed by atoms with Gasteiger partial charge in [0.05, 0.1) is 0 Å².